The molecule has 1 N–H and O–H groups in total. The van der Waals surface area contributed by atoms with Gasteiger partial charge in [-0.15, -0.1) is 0 Å². The number of hydrogen-bond acceptors (Lipinski definition) is 1. The van der Waals surface area contributed by atoms with Crippen LogP contribution in [0.1, 0.15) is 26.3 Å². The number of hydrogen-bond donors (Lipinski definition) is 1. The molecule has 0 saturated carbocycles. The van der Waals surface area contributed by atoms with Crippen LogP contribution in [-0.2, 0) is 6.42 Å². The lowest BCUT2D eigenvalue weighted by atomic mass is 10.1. The number of aryl methyl sites for hydroxylation is 1. The van der Waals surface area contributed by atoms with Crippen LogP contribution in [0.4, 0.5) is 5.69 Å². The van der Waals surface area contributed by atoms with Crippen molar-refractivity contribution in [1.29, 1.82) is 0 Å². The standard InChI is InChI=1S/C9H12BrN.C2H6/c1-3-7-6-8(10)4-5-9(7)11-2;1-2/h4-6,11H,3H2,1-2H3;1-2H3. The summed E-state index contributed by atoms with van der Waals surface area (Å²) in [6.07, 6.45) is 1.07. The van der Waals surface area contributed by atoms with E-state index in [0.717, 1.165) is 10.9 Å². The molecule has 0 fully saturated rings. The quantitative estimate of drug-likeness (QED) is 0.826. The highest BCUT2D eigenvalue weighted by atomic mass is 79.9. The van der Waals surface area contributed by atoms with Crippen molar-refractivity contribution in [2.75, 3.05) is 12.4 Å². The Hall–Kier alpha value is -0.500. The van der Waals surface area contributed by atoms with E-state index in [4.69, 9.17) is 0 Å². The van der Waals surface area contributed by atoms with Crippen molar-refractivity contribution in [3.05, 3.63) is 28.2 Å². The molecule has 0 atom stereocenters. The zero-order chi connectivity index (χ0) is 10.3. The van der Waals surface area contributed by atoms with Gasteiger partial charge in [0, 0.05) is 17.2 Å². The van der Waals surface area contributed by atoms with Gasteiger partial charge in [0.05, 0.1) is 0 Å². The summed E-state index contributed by atoms with van der Waals surface area (Å²) in [5.74, 6) is 0. The number of rotatable bonds is 2. The van der Waals surface area contributed by atoms with E-state index in [-0.39, 0.29) is 0 Å². The molecule has 0 heterocycles. The third-order valence-corrected chi connectivity index (χ3v) is 2.21. The summed E-state index contributed by atoms with van der Waals surface area (Å²) < 4.78 is 1.15. The number of benzene rings is 1. The van der Waals surface area contributed by atoms with E-state index in [9.17, 15) is 0 Å². The molecule has 0 radical (unpaired) electrons. The third-order valence-electron chi connectivity index (χ3n) is 1.72. The second-order valence-corrected chi connectivity index (χ2v) is 3.32. The first-order valence-corrected chi connectivity index (χ1v) is 5.53. The van der Waals surface area contributed by atoms with Gasteiger partial charge in [0.25, 0.3) is 0 Å². The van der Waals surface area contributed by atoms with Crippen LogP contribution >= 0.6 is 15.9 Å². The van der Waals surface area contributed by atoms with Crippen LogP contribution < -0.4 is 5.32 Å². The Balaban J connectivity index is 0.000000671. The normalized spacial score (nSPS) is 8.69. The lowest BCUT2D eigenvalue weighted by molar-refractivity contribution is 1.13. The van der Waals surface area contributed by atoms with Gasteiger partial charge in [0.2, 0.25) is 0 Å². The predicted octanol–water partition coefficient (Wildman–Crippen LogP) is 4.08. The summed E-state index contributed by atoms with van der Waals surface area (Å²) in [6.45, 7) is 6.16. The Morgan fingerprint density at radius 3 is 2.38 bits per heavy atom. The van der Waals surface area contributed by atoms with Crippen LogP contribution in [0, 0.1) is 0 Å². The van der Waals surface area contributed by atoms with Crippen molar-refractivity contribution in [1.82, 2.24) is 0 Å². The third kappa shape index (κ3) is 3.81. The van der Waals surface area contributed by atoms with Crippen molar-refractivity contribution in [3.63, 3.8) is 0 Å². The molecule has 0 bridgehead atoms. The lowest BCUT2D eigenvalue weighted by Gasteiger charge is -2.06. The van der Waals surface area contributed by atoms with Crippen molar-refractivity contribution in [2.45, 2.75) is 27.2 Å². The number of anilines is 1. The van der Waals surface area contributed by atoms with E-state index in [0.29, 0.717) is 0 Å². The monoisotopic (exact) mass is 243 g/mol. The Kier molecular flexibility index (Phi) is 6.69. The van der Waals surface area contributed by atoms with Gasteiger partial charge in [-0.05, 0) is 30.2 Å². The Morgan fingerprint density at radius 1 is 1.31 bits per heavy atom. The molecule has 0 unspecified atom stereocenters. The van der Waals surface area contributed by atoms with E-state index in [1.165, 1.54) is 11.3 Å². The summed E-state index contributed by atoms with van der Waals surface area (Å²) in [5, 5.41) is 3.15. The maximum atomic E-state index is 3.44. The van der Waals surface area contributed by atoms with Crippen molar-refractivity contribution < 1.29 is 0 Å². The van der Waals surface area contributed by atoms with E-state index in [1.807, 2.05) is 27.0 Å². The molecule has 0 amide bonds. The van der Waals surface area contributed by atoms with Crippen molar-refractivity contribution >= 4 is 21.6 Å². The fraction of sp³-hybridized carbons (Fsp3) is 0.455. The summed E-state index contributed by atoms with van der Waals surface area (Å²) in [5.41, 5.74) is 2.57. The van der Waals surface area contributed by atoms with Gasteiger partial charge < -0.3 is 5.32 Å². The molecule has 2 heteroatoms. The van der Waals surface area contributed by atoms with Gasteiger partial charge in [0.15, 0.2) is 0 Å². The first kappa shape index (κ1) is 12.5. The molecular weight excluding hydrogens is 226 g/mol. The van der Waals surface area contributed by atoms with Crippen LogP contribution in [0.3, 0.4) is 0 Å². The van der Waals surface area contributed by atoms with Crippen molar-refractivity contribution in [2.24, 2.45) is 0 Å². The van der Waals surface area contributed by atoms with E-state index >= 15 is 0 Å². The first-order chi connectivity index (χ1) is 6.27. The summed E-state index contributed by atoms with van der Waals surface area (Å²) in [7, 11) is 1.95. The molecule has 0 aliphatic rings. The van der Waals surface area contributed by atoms with E-state index in [1.54, 1.807) is 0 Å². The fourth-order valence-electron chi connectivity index (χ4n) is 1.10. The van der Waals surface area contributed by atoms with E-state index < -0.39 is 0 Å². The average Bonchev–Trinajstić information content (AvgIpc) is 2.20. The molecule has 1 aromatic carbocycles. The molecule has 0 spiro atoms. The molecule has 0 saturated heterocycles. The Labute approximate surface area is 89.7 Å². The van der Waals surface area contributed by atoms with Gasteiger partial charge >= 0.3 is 0 Å². The maximum Gasteiger partial charge on any atom is 0.0370 e. The van der Waals surface area contributed by atoms with Crippen LogP contribution in [0.15, 0.2) is 22.7 Å². The number of nitrogens with one attached hydrogen (secondary N) is 1. The van der Waals surface area contributed by atoms with Crippen LogP contribution in [0.25, 0.3) is 0 Å². The molecule has 1 aromatic rings. The van der Waals surface area contributed by atoms with Gasteiger partial charge in [-0.1, -0.05) is 36.7 Å². The SMILES string of the molecule is CC.CCc1cc(Br)ccc1NC. The molecule has 0 aliphatic carbocycles. The second-order valence-electron chi connectivity index (χ2n) is 2.41. The van der Waals surface area contributed by atoms with Gasteiger partial charge in [-0.25, -0.2) is 0 Å². The molecule has 1 nitrogen and oxygen atoms in total. The lowest BCUT2D eigenvalue weighted by Crippen LogP contribution is -1.93. The second kappa shape index (κ2) is 6.96. The zero-order valence-corrected chi connectivity index (χ0v) is 10.4. The predicted molar refractivity (Wildman–Crippen MR) is 64.4 cm³/mol. The summed E-state index contributed by atoms with van der Waals surface area (Å²) in [4.78, 5) is 0. The Morgan fingerprint density at radius 2 is 1.92 bits per heavy atom. The highest BCUT2D eigenvalue weighted by molar-refractivity contribution is 9.10. The zero-order valence-electron chi connectivity index (χ0n) is 8.82. The van der Waals surface area contributed by atoms with E-state index in [2.05, 4.69) is 40.3 Å². The number of halogens is 1. The molecule has 13 heavy (non-hydrogen) atoms. The van der Waals surface area contributed by atoms with Gasteiger partial charge in [-0.2, -0.15) is 0 Å². The summed E-state index contributed by atoms with van der Waals surface area (Å²) >= 11 is 3.44. The van der Waals surface area contributed by atoms with Crippen molar-refractivity contribution in [3.8, 4) is 0 Å². The minimum atomic E-state index is 1.07. The topological polar surface area (TPSA) is 12.0 Å². The van der Waals surface area contributed by atoms with Crippen LogP contribution in [0.2, 0.25) is 0 Å². The van der Waals surface area contributed by atoms with Crippen LogP contribution in [0.5, 0.6) is 0 Å². The highest BCUT2D eigenvalue weighted by Gasteiger charge is 1.97. The maximum absolute atomic E-state index is 3.44. The summed E-state index contributed by atoms with van der Waals surface area (Å²) in [6, 6.07) is 6.28. The average molecular weight is 244 g/mol. The molecule has 74 valence electrons. The molecule has 0 aromatic heterocycles. The first-order valence-electron chi connectivity index (χ1n) is 4.74. The largest absolute Gasteiger partial charge is 0.388 e. The Bertz CT molecular complexity index is 246. The van der Waals surface area contributed by atoms with Crippen LogP contribution in [-0.4, -0.2) is 7.05 Å². The molecular formula is C11H18BrN. The molecule has 0 aliphatic heterocycles. The smallest absolute Gasteiger partial charge is 0.0370 e. The van der Waals surface area contributed by atoms with Gasteiger partial charge in [-0.3, -0.25) is 0 Å². The fourth-order valence-corrected chi connectivity index (χ4v) is 1.51. The minimum absolute atomic E-state index is 1.07. The minimum Gasteiger partial charge on any atom is -0.388 e. The van der Waals surface area contributed by atoms with Gasteiger partial charge in [0.1, 0.15) is 0 Å². The highest BCUT2D eigenvalue weighted by Crippen LogP contribution is 2.20. The molecule has 1 rings (SSSR count).